The van der Waals surface area contributed by atoms with E-state index in [-0.39, 0.29) is 23.3 Å². The number of hydrogen-bond donors (Lipinski definition) is 1. The van der Waals surface area contributed by atoms with Crippen molar-refractivity contribution >= 4 is 16.9 Å². The van der Waals surface area contributed by atoms with Gasteiger partial charge in [-0.1, -0.05) is 11.3 Å². The second kappa shape index (κ2) is 6.15. The molecule has 4 rings (SSSR count). The average Bonchev–Trinajstić information content (AvgIpc) is 3.30. The molecule has 1 amide bonds. The van der Waals surface area contributed by atoms with E-state index in [1.165, 1.54) is 6.07 Å². The summed E-state index contributed by atoms with van der Waals surface area (Å²) in [7, 11) is 0. The van der Waals surface area contributed by atoms with Gasteiger partial charge in [0, 0.05) is 11.6 Å². The molecule has 5 nitrogen and oxygen atoms in total. The van der Waals surface area contributed by atoms with Gasteiger partial charge in [-0.3, -0.25) is 4.79 Å². The van der Waals surface area contributed by atoms with E-state index in [4.69, 9.17) is 0 Å². The smallest absolute Gasteiger partial charge is 0.251 e. The second-order valence-electron chi connectivity index (χ2n) is 8.25. The molecule has 1 fully saturated rings. The molecule has 2 aromatic carbocycles. The topological polar surface area (TPSA) is 59.8 Å². The molecule has 1 aromatic heterocycles. The molecule has 0 unspecified atom stereocenters. The summed E-state index contributed by atoms with van der Waals surface area (Å²) in [4.78, 5) is 12.4. The van der Waals surface area contributed by atoms with Crippen LogP contribution < -0.4 is 5.32 Å². The van der Waals surface area contributed by atoms with Crippen LogP contribution in [0.4, 0.5) is 4.39 Å². The van der Waals surface area contributed by atoms with Crippen LogP contribution in [0.1, 0.15) is 49.5 Å². The van der Waals surface area contributed by atoms with Crippen LogP contribution in [0, 0.1) is 12.7 Å². The van der Waals surface area contributed by atoms with Crippen molar-refractivity contribution in [1.82, 2.24) is 20.3 Å². The van der Waals surface area contributed by atoms with Gasteiger partial charge >= 0.3 is 0 Å². The second-order valence-corrected chi connectivity index (χ2v) is 8.25. The monoisotopic (exact) mass is 366 g/mol. The van der Waals surface area contributed by atoms with E-state index in [2.05, 4.69) is 36.4 Å². The van der Waals surface area contributed by atoms with Crippen molar-refractivity contribution in [3.05, 3.63) is 47.3 Å². The Morgan fingerprint density at radius 3 is 2.63 bits per heavy atom. The fraction of sp³-hybridized carbons (Fsp3) is 0.381. The standard InChI is InChI=1S/C21H23FN4O/c1-12-16(9-14(10-17(12)22)20(27)23-15-6-7-15)13-5-8-19-18(11-13)24-25-26(19)21(2,3)4/h5,8-11,15H,6-7H2,1-4H3,(H,23,27). The minimum atomic E-state index is -0.383. The molecular weight excluding hydrogens is 343 g/mol. The third-order valence-electron chi connectivity index (χ3n) is 4.91. The maximum absolute atomic E-state index is 14.5. The normalized spacial score (nSPS) is 14.6. The number of halogens is 1. The Balaban J connectivity index is 1.78. The van der Waals surface area contributed by atoms with Gasteiger partial charge in [0.2, 0.25) is 0 Å². The van der Waals surface area contributed by atoms with Crippen LogP contribution in [-0.4, -0.2) is 26.9 Å². The first-order valence-electron chi connectivity index (χ1n) is 9.21. The number of rotatable bonds is 3. The number of carbonyl (C=O) groups is 1. The Bertz CT molecular complexity index is 1040. The van der Waals surface area contributed by atoms with Crippen LogP contribution in [0.3, 0.4) is 0 Å². The zero-order chi connectivity index (χ0) is 19.3. The Labute approximate surface area is 157 Å². The number of carbonyl (C=O) groups excluding carboxylic acids is 1. The van der Waals surface area contributed by atoms with Gasteiger partial charge in [-0.25, -0.2) is 9.07 Å². The first kappa shape index (κ1) is 17.6. The van der Waals surface area contributed by atoms with E-state index in [1.54, 1.807) is 13.0 Å². The number of benzene rings is 2. The Morgan fingerprint density at radius 1 is 1.22 bits per heavy atom. The van der Waals surface area contributed by atoms with E-state index in [0.717, 1.165) is 29.4 Å². The quantitative estimate of drug-likeness (QED) is 0.756. The zero-order valence-electron chi connectivity index (χ0n) is 16.0. The van der Waals surface area contributed by atoms with Crippen LogP contribution in [0.2, 0.25) is 0 Å². The number of fused-ring (bicyclic) bond motifs is 1. The summed E-state index contributed by atoms with van der Waals surface area (Å²) in [5, 5.41) is 11.4. The summed E-state index contributed by atoms with van der Waals surface area (Å²) in [6.45, 7) is 7.92. The highest BCUT2D eigenvalue weighted by Crippen LogP contribution is 2.30. The van der Waals surface area contributed by atoms with E-state index in [1.807, 2.05) is 22.9 Å². The van der Waals surface area contributed by atoms with Crippen molar-refractivity contribution in [3.63, 3.8) is 0 Å². The van der Waals surface area contributed by atoms with Gasteiger partial charge < -0.3 is 5.32 Å². The van der Waals surface area contributed by atoms with Crippen molar-refractivity contribution in [2.45, 2.75) is 52.1 Å². The molecule has 0 spiro atoms. The summed E-state index contributed by atoms with van der Waals surface area (Å²) in [5.41, 5.74) is 3.86. The van der Waals surface area contributed by atoms with Crippen molar-refractivity contribution in [2.75, 3.05) is 0 Å². The van der Waals surface area contributed by atoms with Crippen molar-refractivity contribution < 1.29 is 9.18 Å². The lowest BCUT2D eigenvalue weighted by molar-refractivity contribution is 0.0950. The van der Waals surface area contributed by atoms with Crippen molar-refractivity contribution in [2.24, 2.45) is 0 Å². The summed E-state index contributed by atoms with van der Waals surface area (Å²) in [6, 6.07) is 9.07. The van der Waals surface area contributed by atoms with Crippen LogP contribution in [0.5, 0.6) is 0 Å². The number of nitrogens with zero attached hydrogens (tertiary/aromatic N) is 3. The summed E-state index contributed by atoms with van der Waals surface area (Å²) < 4.78 is 16.4. The molecule has 3 aromatic rings. The Kier molecular flexibility index (Phi) is 4.02. The maximum Gasteiger partial charge on any atom is 0.251 e. The molecule has 27 heavy (non-hydrogen) atoms. The average molecular weight is 366 g/mol. The predicted octanol–water partition coefficient (Wildman–Crippen LogP) is 4.19. The molecule has 1 aliphatic rings. The van der Waals surface area contributed by atoms with Crippen LogP contribution in [-0.2, 0) is 5.54 Å². The van der Waals surface area contributed by atoms with Crippen molar-refractivity contribution in [1.29, 1.82) is 0 Å². The summed E-state index contributed by atoms with van der Waals surface area (Å²) >= 11 is 0. The van der Waals surface area contributed by atoms with E-state index in [0.29, 0.717) is 16.7 Å². The highest BCUT2D eigenvalue weighted by molar-refractivity contribution is 5.96. The lowest BCUT2D eigenvalue weighted by Crippen LogP contribution is -2.25. The molecule has 0 bridgehead atoms. The molecule has 0 radical (unpaired) electrons. The molecule has 1 saturated carbocycles. The third-order valence-corrected chi connectivity index (χ3v) is 4.91. The van der Waals surface area contributed by atoms with Gasteiger partial charge in [0.15, 0.2) is 0 Å². The summed E-state index contributed by atoms with van der Waals surface area (Å²) in [6.07, 6.45) is 1.99. The number of aromatic nitrogens is 3. The van der Waals surface area contributed by atoms with Crippen LogP contribution in [0.25, 0.3) is 22.2 Å². The number of amides is 1. The molecule has 6 heteroatoms. The fourth-order valence-corrected chi connectivity index (χ4v) is 3.19. The SMILES string of the molecule is Cc1c(F)cc(C(=O)NC2CC2)cc1-c1ccc2c(c1)nnn2C(C)(C)C. The predicted molar refractivity (Wildman–Crippen MR) is 103 cm³/mol. The van der Waals surface area contributed by atoms with Gasteiger partial charge in [-0.15, -0.1) is 5.10 Å². The summed E-state index contributed by atoms with van der Waals surface area (Å²) in [5.74, 6) is -0.607. The molecule has 1 aliphatic carbocycles. The van der Waals surface area contributed by atoms with Gasteiger partial charge in [0.1, 0.15) is 11.3 Å². The minimum Gasteiger partial charge on any atom is -0.349 e. The Morgan fingerprint density at radius 2 is 1.96 bits per heavy atom. The van der Waals surface area contributed by atoms with E-state index < -0.39 is 0 Å². The minimum absolute atomic E-state index is 0.181. The highest BCUT2D eigenvalue weighted by Gasteiger charge is 2.25. The molecule has 140 valence electrons. The largest absolute Gasteiger partial charge is 0.349 e. The molecule has 1 heterocycles. The molecule has 1 N–H and O–H groups in total. The number of nitrogens with one attached hydrogen (secondary N) is 1. The van der Waals surface area contributed by atoms with E-state index >= 15 is 0 Å². The molecular formula is C21H23FN4O. The first-order valence-corrected chi connectivity index (χ1v) is 9.21. The van der Waals surface area contributed by atoms with Crippen LogP contribution >= 0.6 is 0 Å². The first-order chi connectivity index (χ1) is 12.7. The molecule has 0 aliphatic heterocycles. The maximum atomic E-state index is 14.5. The zero-order valence-corrected chi connectivity index (χ0v) is 16.0. The lowest BCUT2D eigenvalue weighted by atomic mass is 9.96. The van der Waals surface area contributed by atoms with Crippen LogP contribution in [0.15, 0.2) is 30.3 Å². The third kappa shape index (κ3) is 3.31. The van der Waals surface area contributed by atoms with Gasteiger partial charge in [-0.2, -0.15) is 0 Å². The van der Waals surface area contributed by atoms with Gasteiger partial charge in [0.05, 0.1) is 11.1 Å². The molecule has 0 saturated heterocycles. The van der Waals surface area contributed by atoms with Crippen molar-refractivity contribution in [3.8, 4) is 11.1 Å². The highest BCUT2D eigenvalue weighted by atomic mass is 19.1. The van der Waals surface area contributed by atoms with Gasteiger partial charge in [-0.05, 0) is 81.5 Å². The fourth-order valence-electron chi connectivity index (χ4n) is 3.19. The Hall–Kier alpha value is -2.76. The number of hydrogen-bond acceptors (Lipinski definition) is 3. The van der Waals surface area contributed by atoms with E-state index in [9.17, 15) is 9.18 Å². The molecule has 0 atom stereocenters. The lowest BCUT2D eigenvalue weighted by Gasteiger charge is -2.19. The van der Waals surface area contributed by atoms with Gasteiger partial charge in [0.25, 0.3) is 5.91 Å².